The maximum atomic E-state index is 6.12. The molecule has 5 aromatic carbocycles. The minimum Gasteiger partial charge on any atom is 0 e. The molecule has 0 saturated carbocycles. The number of benzene rings is 5. The number of fused-ring (bicyclic) bond motifs is 3. The molecule has 0 aliphatic carbocycles. The van der Waals surface area contributed by atoms with E-state index < -0.39 is 13.3 Å². The summed E-state index contributed by atoms with van der Waals surface area (Å²) in [4.78, 5) is 9.19. The number of aromatic nitrogens is 2. The van der Waals surface area contributed by atoms with Crippen molar-refractivity contribution >= 4 is 39.6 Å². The van der Waals surface area contributed by atoms with Crippen molar-refractivity contribution in [2.45, 2.75) is 44.0 Å². The monoisotopic (exact) mass is 917 g/mol. The first-order chi connectivity index (χ1) is 24.6. The number of rotatable bonds is 6. The smallest absolute Gasteiger partial charge is 0 e. The van der Waals surface area contributed by atoms with Gasteiger partial charge in [-0.25, -0.2) is 0 Å². The first-order valence-electron chi connectivity index (χ1n) is 17.6. The predicted octanol–water partition coefficient (Wildman–Crippen LogP) is 12.3. The van der Waals surface area contributed by atoms with Crippen LogP contribution in [0, 0.1) is 19.1 Å². The Bertz CT molecular complexity index is 2430. The Morgan fingerprint density at radius 2 is 1.27 bits per heavy atom. The molecule has 5 heteroatoms. The van der Waals surface area contributed by atoms with E-state index in [2.05, 4.69) is 163 Å². The van der Waals surface area contributed by atoms with Gasteiger partial charge in [0, 0.05) is 31.7 Å². The standard InChI is InChI=1S/C32H24NO.C15H18GeN.Ir/c1-21(2)25-16-17-33-30(20-25)27-13-15-32-29(19-27)28-18-26(12-14-31(28)34-32)24-10-8-23(9-11-24)22-6-4-3-5-7-22;1-12-10-15(13-8-6-5-7-9-13)17-11-14(12)16(2,3)4;/h3-12,14-21H,1-2H3;5-8,10-11H,1-4H3;/q2*-1;. The first-order valence-corrected chi connectivity index (χ1v) is 24.9. The van der Waals surface area contributed by atoms with Crippen molar-refractivity contribution in [1.29, 1.82) is 0 Å². The van der Waals surface area contributed by atoms with Crippen LogP contribution in [0.25, 0.3) is 66.7 Å². The summed E-state index contributed by atoms with van der Waals surface area (Å²) in [5.74, 6) is 7.66. The number of hydrogen-bond donors (Lipinski definition) is 0. The second-order valence-electron chi connectivity index (χ2n) is 14.4. The van der Waals surface area contributed by atoms with Gasteiger partial charge in [-0.05, 0) is 52.1 Å². The van der Waals surface area contributed by atoms with Gasteiger partial charge in [-0.1, -0.05) is 91.5 Å². The van der Waals surface area contributed by atoms with Crippen LogP contribution in [0.1, 0.15) is 30.9 Å². The van der Waals surface area contributed by atoms with Gasteiger partial charge < -0.3 is 9.40 Å². The van der Waals surface area contributed by atoms with E-state index >= 15 is 0 Å². The van der Waals surface area contributed by atoms with E-state index in [1.807, 2.05) is 36.5 Å². The maximum absolute atomic E-state index is 6.12. The summed E-state index contributed by atoms with van der Waals surface area (Å²) in [6, 6.07) is 50.7. The topological polar surface area (TPSA) is 38.9 Å². The number of aryl methyl sites for hydroxylation is 1. The number of nitrogens with zero attached hydrogens (tertiary/aromatic N) is 2. The number of pyridine rings is 2. The molecule has 0 aliphatic heterocycles. The molecule has 1 radical (unpaired) electrons. The fourth-order valence-electron chi connectivity index (χ4n) is 6.53. The summed E-state index contributed by atoms with van der Waals surface area (Å²) in [6.45, 7) is 6.59. The average Bonchev–Trinajstić information content (AvgIpc) is 3.53. The van der Waals surface area contributed by atoms with E-state index in [-0.39, 0.29) is 20.1 Å². The van der Waals surface area contributed by atoms with Gasteiger partial charge in [-0.15, -0.1) is 23.8 Å². The molecule has 8 aromatic rings. The Hall–Kier alpha value is -4.61. The largest absolute Gasteiger partial charge is 0 e. The molecule has 0 fully saturated rings. The van der Waals surface area contributed by atoms with Crippen molar-refractivity contribution in [1.82, 2.24) is 9.97 Å². The van der Waals surface area contributed by atoms with E-state index in [1.54, 1.807) is 0 Å². The molecule has 52 heavy (non-hydrogen) atoms. The van der Waals surface area contributed by atoms with Gasteiger partial charge in [0.2, 0.25) is 0 Å². The zero-order valence-corrected chi connectivity index (χ0v) is 35.0. The third kappa shape index (κ3) is 8.21. The molecule has 0 N–H and O–H groups in total. The Balaban J connectivity index is 0.000000218. The van der Waals surface area contributed by atoms with Crippen LogP contribution < -0.4 is 4.40 Å². The average molecular weight is 916 g/mol. The summed E-state index contributed by atoms with van der Waals surface area (Å²) in [7, 11) is 0. The summed E-state index contributed by atoms with van der Waals surface area (Å²) >= 11 is -1.77. The van der Waals surface area contributed by atoms with Crippen molar-refractivity contribution in [2.75, 3.05) is 0 Å². The molecule has 0 atom stereocenters. The minimum atomic E-state index is -1.77. The van der Waals surface area contributed by atoms with Gasteiger partial charge in [-0.2, -0.15) is 0 Å². The van der Waals surface area contributed by atoms with Gasteiger partial charge in [0.15, 0.2) is 0 Å². The summed E-state index contributed by atoms with van der Waals surface area (Å²) in [5, 5.41) is 2.19. The van der Waals surface area contributed by atoms with Crippen molar-refractivity contribution in [3.63, 3.8) is 0 Å². The molecule has 0 unspecified atom stereocenters. The third-order valence-electron chi connectivity index (χ3n) is 9.36. The fourth-order valence-corrected chi connectivity index (χ4v) is 10.1. The van der Waals surface area contributed by atoms with Crippen molar-refractivity contribution < 1.29 is 24.5 Å². The zero-order chi connectivity index (χ0) is 35.5. The van der Waals surface area contributed by atoms with Crippen LogP contribution in [0.4, 0.5) is 0 Å². The predicted molar refractivity (Wildman–Crippen MR) is 217 cm³/mol. The van der Waals surface area contributed by atoms with Crippen molar-refractivity contribution in [2.24, 2.45) is 0 Å². The van der Waals surface area contributed by atoms with E-state index in [4.69, 9.17) is 4.42 Å². The van der Waals surface area contributed by atoms with Crippen LogP contribution in [0.3, 0.4) is 0 Å². The Kier molecular flexibility index (Phi) is 11.4. The molecular weight excluding hydrogens is 873 g/mol. The van der Waals surface area contributed by atoms with Gasteiger partial charge in [0.05, 0.1) is 5.58 Å². The summed E-state index contributed by atoms with van der Waals surface area (Å²) in [5.41, 5.74) is 13.2. The number of furan rings is 1. The van der Waals surface area contributed by atoms with Crippen LogP contribution in [0.15, 0.2) is 144 Å². The van der Waals surface area contributed by atoms with E-state index in [0.717, 1.165) is 44.5 Å². The van der Waals surface area contributed by atoms with E-state index in [9.17, 15) is 0 Å². The Morgan fingerprint density at radius 3 is 1.94 bits per heavy atom. The summed E-state index contributed by atoms with van der Waals surface area (Å²) in [6.07, 6.45) is 3.96. The second-order valence-corrected chi connectivity index (χ2v) is 25.0. The zero-order valence-electron chi connectivity index (χ0n) is 30.5. The molecule has 3 aromatic heterocycles. The Labute approximate surface area is 323 Å². The van der Waals surface area contributed by atoms with Crippen LogP contribution in [0.2, 0.25) is 17.3 Å². The quantitative estimate of drug-likeness (QED) is 0.123. The fraction of sp³-hybridized carbons (Fsp3) is 0.149. The van der Waals surface area contributed by atoms with Crippen LogP contribution in [0.5, 0.6) is 0 Å². The molecular formula is C47H42GeIrN2O-2. The molecule has 3 nitrogen and oxygen atoms in total. The molecule has 0 aliphatic rings. The molecule has 0 amide bonds. The molecule has 0 saturated heterocycles. The SMILES string of the molecule is CC(C)c1ccnc(-c2[c-]cc3oc4ccc(-c5ccc(-c6ccccc6)cc5)cc4c3c2)c1.Cc1cc(-c2[c-]cccc2)nc[c]1[Ge]([CH3])([CH3])[CH3].[Ir]. The molecule has 8 rings (SSSR count). The van der Waals surface area contributed by atoms with E-state index in [0.29, 0.717) is 5.92 Å². The normalized spacial score (nSPS) is 11.3. The molecule has 0 spiro atoms. The molecule has 3 heterocycles. The third-order valence-corrected chi connectivity index (χ3v) is 13.8. The van der Waals surface area contributed by atoms with E-state index in [1.165, 1.54) is 37.8 Å². The van der Waals surface area contributed by atoms with Gasteiger partial charge in [-0.3, -0.25) is 0 Å². The van der Waals surface area contributed by atoms with Gasteiger partial charge >= 0.3 is 106 Å². The first kappa shape index (κ1) is 37.2. The van der Waals surface area contributed by atoms with Crippen LogP contribution in [-0.4, -0.2) is 23.2 Å². The van der Waals surface area contributed by atoms with Crippen molar-refractivity contribution in [3.05, 3.63) is 163 Å². The molecule has 0 bridgehead atoms. The molecule has 261 valence electrons. The minimum absolute atomic E-state index is 0. The van der Waals surface area contributed by atoms with Crippen LogP contribution in [-0.2, 0) is 20.1 Å². The number of hydrogen-bond acceptors (Lipinski definition) is 3. The van der Waals surface area contributed by atoms with Crippen molar-refractivity contribution in [3.8, 4) is 44.8 Å². The second kappa shape index (κ2) is 16.0. The summed E-state index contributed by atoms with van der Waals surface area (Å²) < 4.78 is 7.61. The van der Waals surface area contributed by atoms with Gasteiger partial charge in [0.25, 0.3) is 0 Å². The van der Waals surface area contributed by atoms with Crippen LogP contribution >= 0.6 is 0 Å². The van der Waals surface area contributed by atoms with Gasteiger partial charge in [0.1, 0.15) is 5.58 Å². The maximum Gasteiger partial charge on any atom is 0 e. The Morgan fingerprint density at radius 1 is 0.615 bits per heavy atom.